The van der Waals surface area contributed by atoms with Gasteiger partial charge in [0, 0.05) is 11.6 Å². The third-order valence-corrected chi connectivity index (χ3v) is 3.27. The molecule has 2 aromatic rings. The van der Waals surface area contributed by atoms with Gasteiger partial charge in [-0.25, -0.2) is 4.79 Å². The van der Waals surface area contributed by atoms with Gasteiger partial charge in [-0.15, -0.1) is 0 Å². The molecule has 0 amide bonds. The molecular formula is C14H13NO4. The molecule has 1 fully saturated rings. The van der Waals surface area contributed by atoms with Crippen molar-refractivity contribution in [2.24, 2.45) is 0 Å². The highest BCUT2D eigenvalue weighted by molar-refractivity contribution is 5.85. The van der Waals surface area contributed by atoms with E-state index in [4.69, 9.17) is 14.4 Å². The predicted octanol–water partition coefficient (Wildman–Crippen LogP) is 2.93. The van der Waals surface area contributed by atoms with Gasteiger partial charge in [-0.1, -0.05) is 17.3 Å². The second-order valence-corrected chi connectivity index (χ2v) is 4.61. The molecule has 0 radical (unpaired) electrons. The Hall–Kier alpha value is -2.30. The molecule has 1 aliphatic carbocycles. The van der Waals surface area contributed by atoms with Gasteiger partial charge in [-0.3, -0.25) is 0 Å². The molecule has 19 heavy (non-hydrogen) atoms. The quantitative estimate of drug-likeness (QED) is 0.913. The van der Waals surface area contributed by atoms with Gasteiger partial charge < -0.3 is 14.4 Å². The summed E-state index contributed by atoms with van der Waals surface area (Å²) in [6.07, 6.45) is 2.39. The van der Waals surface area contributed by atoms with Crippen LogP contribution in [0.1, 0.15) is 34.9 Å². The molecule has 98 valence electrons. The summed E-state index contributed by atoms with van der Waals surface area (Å²) in [6, 6.07) is 7.21. The fourth-order valence-corrected chi connectivity index (χ4v) is 2.11. The van der Waals surface area contributed by atoms with E-state index in [0.717, 1.165) is 11.3 Å². The molecule has 0 saturated heterocycles. The van der Waals surface area contributed by atoms with Crippen LogP contribution in [0.2, 0.25) is 0 Å². The molecule has 0 bridgehead atoms. The van der Waals surface area contributed by atoms with Crippen LogP contribution in [0, 0.1) is 0 Å². The van der Waals surface area contributed by atoms with Crippen molar-refractivity contribution >= 4 is 5.97 Å². The largest absolute Gasteiger partial charge is 0.496 e. The molecule has 5 nitrogen and oxygen atoms in total. The minimum atomic E-state index is -1.12. The van der Waals surface area contributed by atoms with Crippen LogP contribution in [0.5, 0.6) is 5.75 Å². The van der Waals surface area contributed by atoms with Crippen molar-refractivity contribution in [1.29, 1.82) is 0 Å². The average molecular weight is 259 g/mol. The number of carbonyl (C=O) groups is 1. The molecular weight excluding hydrogens is 246 g/mol. The maximum absolute atomic E-state index is 10.8. The summed E-state index contributed by atoms with van der Waals surface area (Å²) in [5.74, 6) is 0.122. The molecule has 1 aromatic carbocycles. The summed E-state index contributed by atoms with van der Waals surface area (Å²) in [4.78, 5) is 10.8. The highest BCUT2D eigenvalue weighted by Gasteiger charge is 2.27. The zero-order chi connectivity index (χ0) is 13.4. The Morgan fingerprint density at radius 2 is 2.21 bits per heavy atom. The first-order valence-corrected chi connectivity index (χ1v) is 6.07. The van der Waals surface area contributed by atoms with Crippen LogP contribution in [0.3, 0.4) is 0 Å². The number of aromatic nitrogens is 1. The lowest BCUT2D eigenvalue weighted by Crippen LogP contribution is -1.92. The number of rotatable bonds is 4. The van der Waals surface area contributed by atoms with E-state index in [-0.39, 0.29) is 5.76 Å². The van der Waals surface area contributed by atoms with Gasteiger partial charge in [0.1, 0.15) is 11.4 Å². The lowest BCUT2D eigenvalue weighted by Gasteiger charge is -2.08. The third kappa shape index (κ3) is 2.19. The van der Waals surface area contributed by atoms with E-state index in [0.29, 0.717) is 11.6 Å². The van der Waals surface area contributed by atoms with Crippen molar-refractivity contribution in [1.82, 2.24) is 5.16 Å². The van der Waals surface area contributed by atoms with E-state index >= 15 is 0 Å². The number of nitrogens with zero attached hydrogens (tertiary/aromatic N) is 1. The van der Waals surface area contributed by atoms with E-state index in [2.05, 4.69) is 5.16 Å². The van der Waals surface area contributed by atoms with Gasteiger partial charge in [0.2, 0.25) is 5.76 Å². The van der Waals surface area contributed by atoms with Crippen molar-refractivity contribution in [3.05, 3.63) is 35.6 Å². The van der Waals surface area contributed by atoms with E-state index in [1.54, 1.807) is 7.11 Å². The molecule has 3 rings (SSSR count). The molecule has 0 unspecified atom stereocenters. The fourth-order valence-electron chi connectivity index (χ4n) is 2.11. The van der Waals surface area contributed by atoms with Gasteiger partial charge >= 0.3 is 5.97 Å². The maximum atomic E-state index is 10.8. The Balaban J connectivity index is 1.97. The normalized spacial score (nSPS) is 14.4. The van der Waals surface area contributed by atoms with Crippen LogP contribution in [-0.2, 0) is 0 Å². The molecule has 0 spiro atoms. The van der Waals surface area contributed by atoms with Crippen molar-refractivity contribution < 1.29 is 19.2 Å². The van der Waals surface area contributed by atoms with Gasteiger partial charge in [0.25, 0.3) is 0 Å². The molecule has 5 heteroatoms. The number of hydrogen-bond donors (Lipinski definition) is 1. The number of hydrogen-bond acceptors (Lipinski definition) is 4. The molecule has 1 heterocycles. The molecule has 1 saturated carbocycles. The summed E-state index contributed by atoms with van der Waals surface area (Å²) in [6.45, 7) is 0. The van der Waals surface area contributed by atoms with E-state index in [9.17, 15) is 4.79 Å². The first kappa shape index (κ1) is 11.8. The summed E-state index contributed by atoms with van der Waals surface area (Å²) < 4.78 is 10.1. The molecule has 1 N–H and O–H groups in total. The minimum absolute atomic E-state index is 0.166. The molecule has 0 aliphatic heterocycles. The van der Waals surface area contributed by atoms with E-state index < -0.39 is 5.97 Å². The molecule has 0 atom stereocenters. The van der Waals surface area contributed by atoms with Crippen LogP contribution in [0.25, 0.3) is 11.3 Å². The number of carboxylic acids is 1. The number of methoxy groups -OCH3 is 1. The van der Waals surface area contributed by atoms with Crippen molar-refractivity contribution in [2.75, 3.05) is 7.11 Å². The summed E-state index contributed by atoms with van der Waals surface area (Å²) in [5.41, 5.74) is 2.49. The summed E-state index contributed by atoms with van der Waals surface area (Å²) in [7, 11) is 1.64. The van der Waals surface area contributed by atoms with Crippen LogP contribution >= 0.6 is 0 Å². The summed E-state index contributed by atoms with van der Waals surface area (Å²) >= 11 is 0. The minimum Gasteiger partial charge on any atom is -0.496 e. The first-order chi connectivity index (χ1) is 9.19. The van der Waals surface area contributed by atoms with Crippen LogP contribution in [-0.4, -0.2) is 23.3 Å². The second-order valence-electron chi connectivity index (χ2n) is 4.61. The second kappa shape index (κ2) is 4.42. The topological polar surface area (TPSA) is 72.6 Å². The Bertz CT molecular complexity index is 628. The van der Waals surface area contributed by atoms with Crippen molar-refractivity contribution in [2.45, 2.75) is 18.8 Å². The molecule has 1 aliphatic rings. The Morgan fingerprint density at radius 1 is 1.42 bits per heavy atom. The Kier molecular flexibility index (Phi) is 2.74. The smallest absolute Gasteiger partial charge is 0.374 e. The van der Waals surface area contributed by atoms with Crippen molar-refractivity contribution in [3.8, 4) is 17.0 Å². The van der Waals surface area contributed by atoms with Gasteiger partial charge in [0.15, 0.2) is 0 Å². The number of ether oxygens (including phenoxy) is 1. The number of carboxylic acid groups (broad SMARTS) is 1. The van der Waals surface area contributed by atoms with Gasteiger partial charge in [-0.2, -0.15) is 0 Å². The number of benzene rings is 1. The average Bonchev–Trinajstić information content (AvgIpc) is 3.14. The van der Waals surface area contributed by atoms with E-state index in [1.165, 1.54) is 24.5 Å². The lowest BCUT2D eigenvalue weighted by atomic mass is 10.0. The zero-order valence-electron chi connectivity index (χ0n) is 10.4. The predicted molar refractivity (Wildman–Crippen MR) is 67.4 cm³/mol. The van der Waals surface area contributed by atoms with Gasteiger partial charge in [-0.05, 0) is 30.4 Å². The monoisotopic (exact) mass is 259 g/mol. The highest BCUT2D eigenvalue weighted by Crippen LogP contribution is 2.45. The Morgan fingerprint density at radius 3 is 2.79 bits per heavy atom. The van der Waals surface area contributed by atoms with Crippen molar-refractivity contribution in [3.63, 3.8) is 0 Å². The molecule has 1 aromatic heterocycles. The van der Waals surface area contributed by atoms with Crippen LogP contribution < -0.4 is 4.74 Å². The van der Waals surface area contributed by atoms with Crippen LogP contribution in [0.4, 0.5) is 0 Å². The first-order valence-electron chi connectivity index (χ1n) is 6.07. The third-order valence-electron chi connectivity index (χ3n) is 3.27. The summed E-state index contributed by atoms with van der Waals surface area (Å²) in [5, 5.41) is 12.6. The zero-order valence-corrected chi connectivity index (χ0v) is 10.4. The maximum Gasteiger partial charge on any atom is 0.374 e. The van der Waals surface area contributed by atoms with Crippen LogP contribution in [0.15, 0.2) is 28.8 Å². The number of aromatic carboxylic acids is 1. The van der Waals surface area contributed by atoms with Gasteiger partial charge in [0.05, 0.1) is 7.11 Å². The lowest BCUT2D eigenvalue weighted by molar-refractivity contribution is 0.0652. The highest BCUT2D eigenvalue weighted by atomic mass is 16.5. The fraction of sp³-hybridized carbons (Fsp3) is 0.286. The Labute approximate surface area is 109 Å². The SMILES string of the molecule is COc1cc(-c2cc(C(=O)O)on2)ccc1C1CC1. The van der Waals surface area contributed by atoms with E-state index in [1.807, 2.05) is 18.2 Å². The standard InChI is InChI=1S/C14H13NO4/c1-18-12-6-9(4-5-10(12)8-2-3-8)11-7-13(14(16)17)19-15-11/h4-8H,2-3H2,1H3,(H,16,17).